The summed E-state index contributed by atoms with van der Waals surface area (Å²) in [5, 5.41) is 20.4. The summed E-state index contributed by atoms with van der Waals surface area (Å²) in [5.74, 6) is -0.630. The average molecular weight is 1250 g/mol. The number of carbonyl (C=O) groups is 4. The van der Waals surface area contributed by atoms with Crippen molar-refractivity contribution in [3.05, 3.63) is 219 Å². The number of halogens is 1. The lowest BCUT2D eigenvalue weighted by atomic mass is 10.0. The van der Waals surface area contributed by atoms with E-state index in [4.69, 9.17) is 34.4 Å². The third-order valence-corrected chi connectivity index (χ3v) is 12.0. The van der Waals surface area contributed by atoms with Crippen LogP contribution in [0.15, 0.2) is 169 Å². The molecule has 8 aromatic rings. The molecule has 0 aliphatic heterocycles. The van der Waals surface area contributed by atoms with Crippen molar-refractivity contribution in [1.82, 2.24) is 15.0 Å². The van der Waals surface area contributed by atoms with Crippen LogP contribution in [0.3, 0.4) is 0 Å². The van der Waals surface area contributed by atoms with E-state index in [0.29, 0.717) is 52.8 Å². The van der Waals surface area contributed by atoms with Crippen LogP contribution in [0, 0.1) is 32.9 Å². The van der Waals surface area contributed by atoms with Crippen LogP contribution in [0.2, 0.25) is 0 Å². The minimum absolute atomic E-state index is 0. The van der Waals surface area contributed by atoms with E-state index < -0.39 is 34.3 Å². The third kappa shape index (κ3) is 25.4. The minimum atomic E-state index is -0.547. The van der Waals surface area contributed by atoms with Gasteiger partial charge in [0.05, 0.1) is 33.6 Å². The zero-order chi connectivity index (χ0) is 64.2. The number of anilines is 1. The Morgan fingerprint density at radius 3 is 1.30 bits per heavy atom. The van der Waals surface area contributed by atoms with Crippen molar-refractivity contribution in [2.24, 2.45) is 0 Å². The molecule has 8 rings (SSSR count). The van der Waals surface area contributed by atoms with E-state index in [1.54, 1.807) is 99.9 Å². The van der Waals surface area contributed by atoms with Gasteiger partial charge >= 0.3 is 31.6 Å². The highest BCUT2D eigenvalue weighted by Gasteiger charge is 2.23. The van der Waals surface area contributed by atoms with Gasteiger partial charge in [-0.3, -0.25) is 4.98 Å². The molecule has 0 saturated heterocycles. The Morgan fingerprint density at radius 1 is 0.494 bits per heavy atom. The summed E-state index contributed by atoms with van der Waals surface area (Å²) >= 11 is 3.28. The Morgan fingerprint density at radius 2 is 0.885 bits per heavy atom. The number of pyridine rings is 4. The molecule has 0 bridgehead atoms. The van der Waals surface area contributed by atoms with E-state index in [9.17, 15) is 24.4 Å². The molecule has 0 unspecified atom stereocenters. The Balaban J connectivity index is 0.000000291. The monoisotopic (exact) mass is 1250 g/mol. The number of nitrogen functional groups attached to an aromatic ring is 1. The molecule has 0 spiro atoms. The van der Waals surface area contributed by atoms with Crippen LogP contribution < -0.4 is 15.1 Å². The van der Waals surface area contributed by atoms with Gasteiger partial charge in [-0.25, -0.2) is 29.1 Å². The van der Waals surface area contributed by atoms with Crippen molar-refractivity contribution in [1.29, 1.82) is 0 Å². The smallest absolute Gasteiger partial charge is 0.569 e. The molecule has 16 nitrogen and oxygen atoms in total. The second kappa shape index (κ2) is 32.7. The molecule has 0 amide bonds. The van der Waals surface area contributed by atoms with Crippen molar-refractivity contribution in [3.63, 3.8) is 0 Å². The fourth-order valence-corrected chi connectivity index (χ4v) is 7.77. The number of benzene rings is 4. The number of nitrogens with two attached hydrogens (primary N) is 1. The molecule has 0 aliphatic carbocycles. The number of aryl methyl sites for hydroxylation is 4. The Labute approximate surface area is 522 Å². The maximum atomic E-state index is 12.1. The molecule has 1 radical (unpaired) electrons. The summed E-state index contributed by atoms with van der Waals surface area (Å²) < 4.78 is 27.8. The second-order valence-corrected chi connectivity index (χ2v) is 24.3. The zero-order valence-electron chi connectivity index (χ0n) is 51.9. The first-order chi connectivity index (χ1) is 40.1. The van der Waals surface area contributed by atoms with Crippen LogP contribution in [0.1, 0.15) is 154 Å². The van der Waals surface area contributed by atoms with Crippen LogP contribution in [0.25, 0.3) is 33.8 Å². The Bertz CT molecular complexity index is 3540. The minimum Gasteiger partial charge on any atom is -0.618 e. The molecule has 87 heavy (non-hydrogen) atoms. The lowest BCUT2D eigenvalue weighted by Gasteiger charge is -2.19. The standard InChI is InChI=1S/C17H20N2O2.C17H19NO3.C17H19NO2.C11H14BO4.C6H6BrN.CH4/c1-11-8-9-14(18)19-15(11)12-6-5-7-13(10-12)16(20)21-17(2,3)4;1-12-7-6-10-18(20)15(12)13-8-5-9-14(11-13)16(19)21-17(2,3)4;1-12-7-6-10-18-15(12)13-8-5-9-14(11-13)16(19)20-17(2,3)4;1-11(2,3)15-10(13)8-5-4-6-9(7-8)16-12-14;1-5-3-2-4-8-6(5)7;/h5-10H,1-4H3,(H2,18,19);5-11H,1-4H3;5-11H,1-4H3;4-7,14H,1-3H3;2-4H,1H3;1H4. The van der Waals surface area contributed by atoms with Crippen LogP contribution in [0.4, 0.5) is 5.82 Å². The summed E-state index contributed by atoms with van der Waals surface area (Å²) in [7, 11) is 0.564. The molecule has 18 heteroatoms. The number of esters is 4. The Kier molecular flexibility index (Phi) is 27.2. The first-order valence-corrected chi connectivity index (χ1v) is 28.3. The summed E-state index contributed by atoms with van der Waals surface area (Å²) in [4.78, 5) is 60.7. The van der Waals surface area contributed by atoms with Gasteiger partial charge in [-0.15, -0.1) is 0 Å². The van der Waals surface area contributed by atoms with Gasteiger partial charge in [0.15, 0.2) is 6.20 Å². The van der Waals surface area contributed by atoms with Gasteiger partial charge < -0.3 is 39.6 Å². The van der Waals surface area contributed by atoms with Crippen LogP contribution in [-0.2, 0) is 18.9 Å². The topological polar surface area (TPSA) is 226 Å². The van der Waals surface area contributed by atoms with E-state index in [2.05, 4.69) is 30.9 Å². The zero-order valence-corrected chi connectivity index (χ0v) is 53.5. The first kappa shape index (κ1) is 72.5. The number of carbonyl (C=O) groups excluding carboxylic acids is 4. The lowest BCUT2D eigenvalue weighted by Crippen LogP contribution is -2.29. The maximum absolute atomic E-state index is 12.1. The average Bonchev–Trinajstić information content (AvgIpc) is 2.33. The number of aromatic nitrogens is 4. The van der Waals surface area contributed by atoms with Gasteiger partial charge in [0.25, 0.3) is 0 Å². The number of rotatable bonds is 9. The molecule has 0 atom stereocenters. The van der Waals surface area contributed by atoms with Crippen molar-refractivity contribution < 1.29 is 52.5 Å². The van der Waals surface area contributed by atoms with Gasteiger partial charge in [-0.1, -0.05) is 62.0 Å². The van der Waals surface area contributed by atoms with E-state index in [0.717, 1.165) is 48.5 Å². The van der Waals surface area contributed by atoms with Gasteiger partial charge in [-0.2, -0.15) is 4.73 Å². The normalized spacial score (nSPS) is 10.8. The van der Waals surface area contributed by atoms with Crippen molar-refractivity contribution in [2.75, 3.05) is 5.73 Å². The first-order valence-electron chi connectivity index (χ1n) is 27.5. The largest absolute Gasteiger partial charge is 0.618 e. The quantitative estimate of drug-likeness (QED) is 0.0342. The summed E-state index contributed by atoms with van der Waals surface area (Å²) in [6, 6.07) is 43.0. The van der Waals surface area contributed by atoms with Crippen LogP contribution >= 0.6 is 15.9 Å². The Hall–Kier alpha value is -8.74. The van der Waals surface area contributed by atoms with Gasteiger partial charge in [0.2, 0.25) is 5.69 Å². The summed E-state index contributed by atoms with van der Waals surface area (Å²) in [5.41, 5.74) is 14.3. The van der Waals surface area contributed by atoms with Crippen molar-refractivity contribution >= 4 is 53.3 Å². The van der Waals surface area contributed by atoms with E-state index in [-0.39, 0.29) is 19.4 Å². The second-order valence-electron chi connectivity index (χ2n) is 23.5. The molecular weight excluding hydrogens is 1170 g/mol. The summed E-state index contributed by atoms with van der Waals surface area (Å²) in [6.45, 7) is 29.8. The molecule has 0 aliphatic rings. The lowest BCUT2D eigenvalue weighted by molar-refractivity contribution is -0.594. The van der Waals surface area contributed by atoms with E-state index in [1.807, 2.05) is 163 Å². The molecule has 459 valence electrons. The van der Waals surface area contributed by atoms with Crippen molar-refractivity contribution in [2.45, 2.75) is 141 Å². The van der Waals surface area contributed by atoms with Gasteiger partial charge in [0.1, 0.15) is 38.6 Å². The fraction of sp³-hybridized carbons (Fsp3) is 0.304. The highest BCUT2D eigenvalue weighted by atomic mass is 79.9. The van der Waals surface area contributed by atoms with Crippen molar-refractivity contribution in [3.8, 4) is 39.5 Å². The van der Waals surface area contributed by atoms with E-state index in [1.165, 1.54) is 17.8 Å². The highest BCUT2D eigenvalue weighted by Crippen LogP contribution is 2.27. The number of hydrogen-bond donors (Lipinski definition) is 2. The number of ether oxygens (including phenoxy) is 4. The molecule has 4 aromatic heterocycles. The van der Waals surface area contributed by atoms with Crippen LogP contribution in [-0.4, -0.2) is 73.9 Å². The maximum Gasteiger partial charge on any atom is 0.569 e. The summed E-state index contributed by atoms with van der Waals surface area (Å²) in [6.07, 6.45) is 4.96. The van der Waals surface area contributed by atoms with Gasteiger partial charge in [-0.05, 0) is 228 Å². The molecule has 0 saturated carbocycles. The SMILES string of the molecule is C.CC(C)(C)OC(=O)c1cccc(O[B]O)c1.Cc1ccc(N)nc1-c1cccc(C(=O)OC(C)(C)C)c1.Cc1ccc[n+]([O-])c1-c1cccc(C(=O)OC(C)(C)C)c1.Cc1cccnc1-c1cccc(C(=O)OC(C)(C)C)c1.Cc1cccnc1Br. The predicted octanol–water partition coefficient (Wildman–Crippen LogP) is 15.2. The van der Waals surface area contributed by atoms with E-state index >= 15 is 0 Å². The third-order valence-electron chi connectivity index (χ3n) is 11.2. The van der Waals surface area contributed by atoms with Gasteiger partial charge in [0, 0.05) is 40.7 Å². The fourth-order valence-electron chi connectivity index (χ4n) is 7.52. The molecule has 0 fully saturated rings. The number of hydrogen-bond acceptors (Lipinski definition) is 15. The molecule has 4 aromatic carbocycles. The predicted molar refractivity (Wildman–Crippen MR) is 348 cm³/mol. The molecular formula is C69H82BBrN5O11. The number of nitrogens with zero attached hydrogens (tertiary/aromatic N) is 4. The molecule has 4 heterocycles. The van der Waals surface area contributed by atoms with Crippen LogP contribution in [0.5, 0.6) is 5.75 Å². The molecule has 3 N–H and O–H groups in total. The highest BCUT2D eigenvalue weighted by molar-refractivity contribution is 9.10.